The molecule has 4 rings (SSSR count). The summed E-state index contributed by atoms with van der Waals surface area (Å²) < 4.78 is 1.54. The van der Waals surface area contributed by atoms with E-state index >= 15 is 0 Å². The van der Waals surface area contributed by atoms with Crippen molar-refractivity contribution in [2.24, 2.45) is 0 Å². The number of carbonyl (C=O) groups excluding carboxylic acids is 2. The van der Waals surface area contributed by atoms with Gasteiger partial charge in [0.2, 0.25) is 0 Å². The van der Waals surface area contributed by atoms with Crippen LogP contribution in [-0.4, -0.2) is 49.6 Å². The van der Waals surface area contributed by atoms with Crippen molar-refractivity contribution in [3.05, 3.63) is 77.5 Å². The molecule has 0 saturated carbocycles. The number of aryl methyl sites for hydroxylation is 1. The van der Waals surface area contributed by atoms with Gasteiger partial charge in [-0.05, 0) is 50.6 Å². The lowest BCUT2D eigenvalue weighted by molar-refractivity contribution is 0.0956. The highest BCUT2D eigenvalue weighted by Crippen LogP contribution is 2.27. The van der Waals surface area contributed by atoms with Gasteiger partial charge in [0, 0.05) is 59.5 Å². The summed E-state index contributed by atoms with van der Waals surface area (Å²) in [6.07, 6.45) is 3.13. The fraction of sp³-hybridized carbons (Fsp3) is 0.310. The first-order chi connectivity index (χ1) is 18.9. The Hall–Kier alpha value is -4.80. The molecule has 11 heteroatoms. The van der Waals surface area contributed by atoms with E-state index in [1.54, 1.807) is 43.6 Å². The second-order valence-electron chi connectivity index (χ2n) is 10.8. The van der Waals surface area contributed by atoms with Crippen LogP contribution in [0.5, 0.6) is 0 Å². The van der Waals surface area contributed by atoms with Crippen LogP contribution in [-0.2, 0) is 5.41 Å². The zero-order chi connectivity index (χ0) is 29.0. The van der Waals surface area contributed by atoms with Crippen LogP contribution in [0.1, 0.15) is 66.7 Å². The quantitative estimate of drug-likeness (QED) is 0.249. The highest BCUT2D eigenvalue weighted by atomic mass is 16.2. The minimum Gasteiger partial charge on any atom is -0.368 e. The van der Waals surface area contributed by atoms with Crippen molar-refractivity contribution in [2.45, 2.75) is 53.0 Å². The largest absolute Gasteiger partial charge is 0.368 e. The lowest BCUT2D eigenvalue weighted by atomic mass is 9.91. The van der Waals surface area contributed by atoms with Crippen LogP contribution in [0.4, 0.5) is 23.0 Å². The summed E-state index contributed by atoms with van der Waals surface area (Å²) in [6.45, 7) is 12.2. The number of nitrogens with zero attached hydrogens (tertiary/aromatic N) is 5. The van der Waals surface area contributed by atoms with Gasteiger partial charge >= 0.3 is 0 Å². The highest BCUT2D eigenvalue weighted by Gasteiger charge is 2.19. The van der Waals surface area contributed by atoms with Gasteiger partial charge in [-0.25, -0.2) is 9.97 Å². The third-order valence-corrected chi connectivity index (χ3v) is 6.02. The van der Waals surface area contributed by atoms with E-state index in [9.17, 15) is 9.59 Å². The minimum atomic E-state index is -0.340. The third kappa shape index (κ3) is 6.60. The Labute approximate surface area is 233 Å². The molecule has 2 amide bonds. The fourth-order valence-corrected chi connectivity index (χ4v) is 3.88. The monoisotopic (exact) mass is 541 g/mol. The molecule has 0 radical (unpaired) electrons. The van der Waals surface area contributed by atoms with E-state index in [2.05, 4.69) is 62.1 Å². The number of aromatic nitrogens is 5. The Morgan fingerprint density at radius 2 is 1.73 bits per heavy atom. The summed E-state index contributed by atoms with van der Waals surface area (Å²) in [7, 11) is 1.54. The number of benzene rings is 1. The molecule has 1 aromatic carbocycles. The van der Waals surface area contributed by atoms with Gasteiger partial charge in [-0.2, -0.15) is 9.78 Å². The molecule has 0 saturated heterocycles. The summed E-state index contributed by atoms with van der Waals surface area (Å²) in [5, 5.41) is 16.6. The van der Waals surface area contributed by atoms with E-state index in [1.165, 1.54) is 11.0 Å². The van der Waals surface area contributed by atoms with Gasteiger partial charge in [-0.3, -0.25) is 14.6 Å². The number of amides is 2. The van der Waals surface area contributed by atoms with Gasteiger partial charge in [0.1, 0.15) is 18.0 Å². The molecule has 0 aliphatic heterocycles. The standard InChI is InChI=1S/C29H35N9O2/c1-17(2)34-24-15-25(33-16-32-24)38-26(14-22(37-38)28(40)30-7)36-21-12-19(9-8-18(21)3)27(39)35-20-10-11-31-23(13-20)29(4,5)6/h8-17,36H,1-7H3,(H,30,40)(H,31,35,39)(H,32,33,34). The van der Waals surface area contributed by atoms with Crippen LogP contribution in [0.25, 0.3) is 5.82 Å². The van der Waals surface area contributed by atoms with Gasteiger partial charge in [0.15, 0.2) is 11.5 Å². The fourth-order valence-electron chi connectivity index (χ4n) is 3.88. The van der Waals surface area contributed by atoms with E-state index in [1.807, 2.05) is 32.9 Å². The van der Waals surface area contributed by atoms with Crippen molar-refractivity contribution in [1.29, 1.82) is 0 Å². The number of carbonyl (C=O) groups is 2. The summed E-state index contributed by atoms with van der Waals surface area (Å²) in [5.74, 6) is 0.998. The van der Waals surface area contributed by atoms with Crippen LogP contribution in [0, 0.1) is 6.92 Å². The van der Waals surface area contributed by atoms with E-state index in [-0.39, 0.29) is 29.0 Å². The van der Waals surface area contributed by atoms with Crippen LogP contribution >= 0.6 is 0 Å². The number of rotatable bonds is 8. The summed E-state index contributed by atoms with van der Waals surface area (Å²) in [4.78, 5) is 38.7. The number of pyridine rings is 1. The van der Waals surface area contributed by atoms with Crippen LogP contribution in [0.2, 0.25) is 0 Å². The number of anilines is 4. The second kappa shape index (κ2) is 11.5. The normalized spacial score (nSPS) is 11.3. The van der Waals surface area contributed by atoms with E-state index in [0.29, 0.717) is 34.4 Å². The van der Waals surface area contributed by atoms with E-state index < -0.39 is 0 Å². The third-order valence-electron chi connectivity index (χ3n) is 6.02. The Morgan fingerprint density at radius 1 is 0.950 bits per heavy atom. The van der Waals surface area contributed by atoms with Gasteiger partial charge in [0.05, 0.1) is 0 Å². The van der Waals surface area contributed by atoms with Crippen LogP contribution in [0.3, 0.4) is 0 Å². The molecule has 4 aromatic rings. The number of nitrogens with one attached hydrogen (secondary N) is 4. The zero-order valence-corrected chi connectivity index (χ0v) is 23.8. The van der Waals surface area contributed by atoms with Gasteiger partial charge in [0.25, 0.3) is 11.8 Å². The van der Waals surface area contributed by atoms with Crippen LogP contribution in [0.15, 0.2) is 55.0 Å². The first-order valence-electron chi connectivity index (χ1n) is 13.0. The first-order valence-corrected chi connectivity index (χ1v) is 13.0. The number of hydrogen-bond donors (Lipinski definition) is 4. The lowest BCUT2D eigenvalue weighted by Gasteiger charge is -2.18. The Bertz CT molecular complexity index is 1540. The first kappa shape index (κ1) is 28.2. The van der Waals surface area contributed by atoms with Gasteiger partial charge < -0.3 is 21.3 Å². The lowest BCUT2D eigenvalue weighted by Crippen LogP contribution is -2.18. The van der Waals surface area contributed by atoms with Gasteiger partial charge in [-0.15, -0.1) is 0 Å². The molecule has 0 fully saturated rings. The topological polar surface area (TPSA) is 139 Å². The van der Waals surface area contributed by atoms with E-state index in [0.717, 1.165) is 11.3 Å². The molecule has 4 N–H and O–H groups in total. The molecule has 0 atom stereocenters. The van der Waals surface area contributed by atoms with E-state index in [4.69, 9.17) is 0 Å². The maximum atomic E-state index is 13.2. The van der Waals surface area contributed by atoms with Crippen molar-refractivity contribution in [1.82, 2.24) is 30.0 Å². The SMILES string of the molecule is CNC(=O)c1cc(Nc2cc(C(=O)Nc3ccnc(C(C)(C)C)c3)ccc2C)n(-c2cc(NC(C)C)ncn2)n1. The Morgan fingerprint density at radius 3 is 2.42 bits per heavy atom. The molecule has 11 nitrogen and oxygen atoms in total. The molecule has 40 heavy (non-hydrogen) atoms. The molecule has 0 spiro atoms. The molecular formula is C29H35N9O2. The average molecular weight is 542 g/mol. The average Bonchev–Trinajstić information content (AvgIpc) is 3.32. The highest BCUT2D eigenvalue weighted by molar-refractivity contribution is 6.05. The summed E-state index contributed by atoms with van der Waals surface area (Å²) in [5.41, 5.74) is 3.65. The molecule has 3 heterocycles. The van der Waals surface area contributed by atoms with Crippen molar-refractivity contribution in [3.63, 3.8) is 0 Å². The predicted octanol–water partition coefficient (Wildman–Crippen LogP) is 4.84. The molecule has 3 aromatic heterocycles. The molecular weight excluding hydrogens is 506 g/mol. The van der Waals surface area contributed by atoms with Crippen molar-refractivity contribution >= 4 is 34.8 Å². The maximum absolute atomic E-state index is 13.2. The second-order valence-corrected chi connectivity index (χ2v) is 10.8. The van der Waals surface area contributed by atoms with Crippen molar-refractivity contribution in [3.8, 4) is 5.82 Å². The summed E-state index contributed by atoms with van der Waals surface area (Å²) >= 11 is 0. The van der Waals surface area contributed by atoms with Crippen molar-refractivity contribution in [2.75, 3.05) is 23.0 Å². The maximum Gasteiger partial charge on any atom is 0.271 e. The molecule has 0 aliphatic carbocycles. The smallest absolute Gasteiger partial charge is 0.271 e. The zero-order valence-electron chi connectivity index (χ0n) is 23.8. The Balaban J connectivity index is 1.65. The molecule has 0 aliphatic rings. The predicted molar refractivity (Wildman–Crippen MR) is 157 cm³/mol. The van der Waals surface area contributed by atoms with Gasteiger partial charge in [-0.1, -0.05) is 26.8 Å². The molecule has 208 valence electrons. The molecule has 0 bridgehead atoms. The summed E-state index contributed by atoms with van der Waals surface area (Å²) in [6, 6.07) is 12.6. The Kier molecular flexibility index (Phi) is 8.13. The van der Waals surface area contributed by atoms with Crippen LogP contribution < -0.4 is 21.3 Å². The number of hydrogen-bond acceptors (Lipinski definition) is 8. The molecule has 0 unspecified atom stereocenters. The van der Waals surface area contributed by atoms with Crippen molar-refractivity contribution < 1.29 is 9.59 Å². The minimum absolute atomic E-state index is 0.145.